The highest BCUT2D eigenvalue weighted by molar-refractivity contribution is 5.83. The molecule has 0 spiro atoms. The van der Waals surface area contributed by atoms with Crippen LogP contribution in [-0.2, 0) is 20.0 Å². The molecule has 0 N–H and O–H groups in total. The standard InChI is InChI=1S/C18H20N4/c1-13(15-8-7-14-5-3-4-6-16(14)11-15)22-10-9-18-17(12-22)19-20-21(18)2/h3-8,11,13H,9-10,12H2,1-2H3/t13-/m1/s1. The zero-order valence-corrected chi connectivity index (χ0v) is 13.0. The highest BCUT2D eigenvalue weighted by Crippen LogP contribution is 2.28. The fourth-order valence-corrected chi connectivity index (χ4v) is 3.38. The third-order valence-electron chi connectivity index (χ3n) is 4.82. The maximum absolute atomic E-state index is 4.30. The number of hydrogen-bond acceptors (Lipinski definition) is 3. The summed E-state index contributed by atoms with van der Waals surface area (Å²) < 4.78 is 1.91. The van der Waals surface area contributed by atoms with Crippen LogP contribution in [0.5, 0.6) is 0 Å². The lowest BCUT2D eigenvalue weighted by atomic mass is 10.00. The molecule has 112 valence electrons. The molecule has 2 heterocycles. The van der Waals surface area contributed by atoms with Crippen molar-refractivity contribution in [2.45, 2.75) is 25.9 Å². The van der Waals surface area contributed by atoms with E-state index in [1.807, 2.05) is 11.7 Å². The molecule has 2 aromatic carbocycles. The van der Waals surface area contributed by atoms with Gasteiger partial charge in [0.05, 0.1) is 11.4 Å². The first-order valence-electron chi connectivity index (χ1n) is 7.82. The average Bonchev–Trinajstić information content (AvgIpc) is 2.94. The Labute approximate surface area is 130 Å². The average molecular weight is 292 g/mol. The molecule has 1 atom stereocenters. The SMILES string of the molecule is C[C@H](c1ccc2ccccc2c1)N1CCc2c(nnn2C)C1. The summed E-state index contributed by atoms with van der Waals surface area (Å²) >= 11 is 0. The Morgan fingerprint density at radius 3 is 2.77 bits per heavy atom. The topological polar surface area (TPSA) is 34.0 Å². The van der Waals surface area contributed by atoms with Gasteiger partial charge in [-0.1, -0.05) is 41.6 Å². The minimum absolute atomic E-state index is 0.389. The highest BCUT2D eigenvalue weighted by Gasteiger charge is 2.25. The van der Waals surface area contributed by atoms with E-state index in [9.17, 15) is 0 Å². The second-order valence-corrected chi connectivity index (χ2v) is 6.11. The molecule has 4 nitrogen and oxygen atoms in total. The van der Waals surface area contributed by atoms with Crippen molar-refractivity contribution in [3.63, 3.8) is 0 Å². The molecule has 1 aliphatic heterocycles. The van der Waals surface area contributed by atoms with Crippen molar-refractivity contribution >= 4 is 10.8 Å². The molecule has 0 radical (unpaired) electrons. The van der Waals surface area contributed by atoms with Crippen LogP contribution in [0.15, 0.2) is 42.5 Å². The third-order valence-corrected chi connectivity index (χ3v) is 4.82. The van der Waals surface area contributed by atoms with Crippen LogP contribution >= 0.6 is 0 Å². The van der Waals surface area contributed by atoms with Gasteiger partial charge in [-0.2, -0.15) is 0 Å². The second kappa shape index (κ2) is 5.21. The molecule has 0 aliphatic carbocycles. The summed E-state index contributed by atoms with van der Waals surface area (Å²) in [5.74, 6) is 0. The van der Waals surface area contributed by atoms with Gasteiger partial charge in [-0.05, 0) is 29.3 Å². The molecule has 0 fully saturated rings. The van der Waals surface area contributed by atoms with Crippen molar-refractivity contribution in [2.75, 3.05) is 6.54 Å². The van der Waals surface area contributed by atoms with Gasteiger partial charge in [0.25, 0.3) is 0 Å². The molecule has 4 heteroatoms. The number of fused-ring (bicyclic) bond motifs is 2. The number of rotatable bonds is 2. The largest absolute Gasteiger partial charge is 0.290 e. The summed E-state index contributed by atoms with van der Waals surface area (Å²) in [6.07, 6.45) is 1.02. The van der Waals surface area contributed by atoms with Gasteiger partial charge in [-0.3, -0.25) is 9.58 Å². The van der Waals surface area contributed by atoms with Crippen LogP contribution in [0.2, 0.25) is 0 Å². The van der Waals surface area contributed by atoms with E-state index in [1.165, 1.54) is 22.0 Å². The molecule has 22 heavy (non-hydrogen) atoms. The lowest BCUT2D eigenvalue weighted by molar-refractivity contribution is 0.188. The van der Waals surface area contributed by atoms with E-state index in [0.29, 0.717) is 6.04 Å². The fourth-order valence-electron chi connectivity index (χ4n) is 3.38. The molecule has 1 aliphatic rings. The van der Waals surface area contributed by atoms with Crippen LogP contribution in [0.1, 0.15) is 29.9 Å². The summed E-state index contributed by atoms with van der Waals surface area (Å²) in [7, 11) is 1.98. The van der Waals surface area contributed by atoms with Crippen molar-refractivity contribution in [3.8, 4) is 0 Å². The van der Waals surface area contributed by atoms with Gasteiger partial charge in [0.1, 0.15) is 0 Å². The summed E-state index contributed by atoms with van der Waals surface area (Å²) in [5.41, 5.74) is 3.77. The molecule has 0 saturated carbocycles. The lowest BCUT2D eigenvalue weighted by Gasteiger charge is -2.32. The molecule has 0 amide bonds. The Kier molecular flexibility index (Phi) is 3.19. The first kappa shape index (κ1) is 13.5. The predicted octanol–water partition coefficient (Wildman–Crippen LogP) is 3.09. The number of aryl methyl sites for hydroxylation is 1. The first-order chi connectivity index (χ1) is 10.7. The molecule has 0 bridgehead atoms. The minimum Gasteiger partial charge on any atom is -0.290 e. The summed E-state index contributed by atoms with van der Waals surface area (Å²) in [6.45, 7) is 4.23. The van der Waals surface area contributed by atoms with Crippen molar-refractivity contribution in [2.24, 2.45) is 7.05 Å². The van der Waals surface area contributed by atoms with E-state index in [-0.39, 0.29) is 0 Å². The van der Waals surface area contributed by atoms with Crippen molar-refractivity contribution in [1.82, 2.24) is 19.9 Å². The fraction of sp³-hybridized carbons (Fsp3) is 0.333. The number of aromatic nitrogens is 3. The van der Waals surface area contributed by atoms with Crippen LogP contribution in [-0.4, -0.2) is 26.4 Å². The minimum atomic E-state index is 0.389. The van der Waals surface area contributed by atoms with E-state index >= 15 is 0 Å². The van der Waals surface area contributed by atoms with Gasteiger partial charge < -0.3 is 0 Å². The van der Waals surface area contributed by atoms with Crippen LogP contribution in [0.4, 0.5) is 0 Å². The number of hydrogen-bond donors (Lipinski definition) is 0. The Bertz CT molecular complexity index is 821. The van der Waals surface area contributed by atoms with Gasteiger partial charge in [0.15, 0.2) is 0 Å². The zero-order valence-electron chi connectivity index (χ0n) is 13.0. The smallest absolute Gasteiger partial charge is 0.0999 e. The highest BCUT2D eigenvalue weighted by atomic mass is 15.4. The molecular formula is C18H20N4. The van der Waals surface area contributed by atoms with Crippen molar-refractivity contribution in [3.05, 3.63) is 59.4 Å². The number of nitrogens with zero attached hydrogens (tertiary/aromatic N) is 4. The molecule has 1 aromatic heterocycles. The third kappa shape index (κ3) is 2.20. The van der Waals surface area contributed by atoms with Crippen LogP contribution in [0, 0.1) is 0 Å². The van der Waals surface area contributed by atoms with Crippen LogP contribution in [0.25, 0.3) is 10.8 Å². The van der Waals surface area contributed by atoms with Gasteiger partial charge in [0.2, 0.25) is 0 Å². The van der Waals surface area contributed by atoms with E-state index in [0.717, 1.165) is 25.2 Å². The molecule has 0 saturated heterocycles. The summed E-state index contributed by atoms with van der Waals surface area (Å²) in [5, 5.41) is 11.1. The molecular weight excluding hydrogens is 272 g/mol. The number of benzene rings is 2. The Hall–Kier alpha value is -2.20. The van der Waals surface area contributed by atoms with Crippen LogP contribution < -0.4 is 0 Å². The summed E-state index contributed by atoms with van der Waals surface area (Å²) in [4.78, 5) is 2.49. The quantitative estimate of drug-likeness (QED) is 0.728. The maximum atomic E-state index is 4.30. The van der Waals surface area contributed by atoms with E-state index in [4.69, 9.17) is 0 Å². The Balaban J connectivity index is 1.62. The van der Waals surface area contributed by atoms with Crippen molar-refractivity contribution < 1.29 is 0 Å². The first-order valence-corrected chi connectivity index (χ1v) is 7.82. The van der Waals surface area contributed by atoms with Gasteiger partial charge >= 0.3 is 0 Å². The molecule has 0 unspecified atom stereocenters. The van der Waals surface area contributed by atoms with Crippen LogP contribution in [0.3, 0.4) is 0 Å². The monoisotopic (exact) mass is 292 g/mol. The summed E-state index contributed by atoms with van der Waals surface area (Å²) in [6, 6.07) is 15.7. The second-order valence-electron chi connectivity index (χ2n) is 6.11. The van der Waals surface area contributed by atoms with Gasteiger partial charge in [0, 0.05) is 32.6 Å². The van der Waals surface area contributed by atoms with E-state index in [1.54, 1.807) is 0 Å². The lowest BCUT2D eigenvalue weighted by Crippen LogP contribution is -2.33. The molecule has 3 aromatic rings. The van der Waals surface area contributed by atoms with E-state index in [2.05, 4.69) is 64.6 Å². The maximum Gasteiger partial charge on any atom is 0.0999 e. The van der Waals surface area contributed by atoms with E-state index < -0.39 is 0 Å². The predicted molar refractivity (Wildman–Crippen MR) is 87.5 cm³/mol. The Morgan fingerprint density at radius 2 is 1.91 bits per heavy atom. The van der Waals surface area contributed by atoms with Gasteiger partial charge in [-0.25, -0.2) is 0 Å². The van der Waals surface area contributed by atoms with Gasteiger partial charge in [-0.15, -0.1) is 5.10 Å². The normalized spacial score (nSPS) is 16.6. The van der Waals surface area contributed by atoms with Crippen molar-refractivity contribution in [1.29, 1.82) is 0 Å². The molecule has 4 rings (SSSR count). The Morgan fingerprint density at radius 1 is 1.09 bits per heavy atom. The zero-order chi connectivity index (χ0) is 15.1.